The van der Waals surface area contributed by atoms with E-state index in [1.807, 2.05) is 45.9 Å². The monoisotopic (exact) mass is 423 g/mol. The number of benzene rings is 2. The molecule has 0 fully saturated rings. The minimum Gasteiger partial charge on any atom is -0.394 e. The van der Waals surface area contributed by atoms with Gasteiger partial charge in [-0.25, -0.2) is 4.39 Å². The van der Waals surface area contributed by atoms with Gasteiger partial charge in [-0.2, -0.15) is 9.78 Å². The van der Waals surface area contributed by atoms with Crippen LogP contribution in [0.4, 0.5) is 4.39 Å². The predicted octanol–water partition coefficient (Wildman–Crippen LogP) is 3.40. The first-order chi connectivity index (χ1) is 14.7. The summed E-state index contributed by atoms with van der Waals surface area (Å²) in [6, 6.07) is 12.1. The van der Waals surface area contributed by atoms with Crippen molar-refractivity contribution in [1.29, 1.82) is 0 Å². The average molecular weight is 423 g/mol. The SMILES string of the molecule is Cc1ccc(-c2cc(C(=O)N[C@@H](CO)C(C)C)c(=O)n(-c3cccc(F)c3)n2)cc1C. The lowest BCUT2D eigenvalue weighted by atomic mass is 10.0. The van der Waals surface area contributed by atoms with Crippen molar-refractivity contribution in [3.05, 3.63) is 81.4 Å². The van der Waals surface area contributed by atoms with Gasteiger partial charge in [0, 0.05) is 5.56 Å². The molecule has 31 heavy (non-hydrogen) atoms. The van der Waals surface area contributed by atoms with Crippen molar-refractivity contribution in [2.45, 2.75) is 33.7 Å². The van der Waals surface area contributed by atoms with Crippen LogP contribution in [0.25, 0.3) is 16.9 Å². The number of hydrogen-bond acceptors (Lipinski definition) is 4. The molecule has 7 heteroatoms. The maximum absolute atomic E-state index is 13.8. The second kappa shape index (κ2) is 9.22. The van der Waals surface area contributed by atoms with E-state index in [1.54, 1.807) is 6.07 Å². The lowest BCUT2D eigenvalue weighted by Gasteiger charge is -2.20. The number of aliphatic hydroxyl groups is 1. The number of aliphatic hydroxyl groups excluding tert-OH is 1. The quantitative estimate of drug-likeness (QED) is 0.637. The molecule has 3 rings (SSSR count). The van der Waals surface area contributed by atoms with Crippen LogP contribution in [0.5, 0.6) is 0 Å². The first-order valence-corrected chi connectivity index (χ1v) is 10.1. The average Bonchev–Trinajstić information content (AvgIpc) is 2.73. The molecule has 1 aromatic heterocycles. The van der Waals surface area contributed by atoms with E-state index in [1.165, 1.54) is 24.3 Å². The van der Waals surface area contributed by atoms with Crippen molar-refractivity contribution < 1.29 is 14.3 Å². The summed E-state index contributed by atoms with van der Waals surface area (Å²) in [5.41, 5.74) is 2.68. The summed E-state index contributed by atoms with van der Waals surface area (Å²) in [5, 5.41) is 16.7. The summed E-state index contributed by atoms with van der Waals surface area (Å²) < 4.78 is 14.9. The van der Waals surface area contributed by atoms with Crippen LogP contribution >= 0.6 is 0 Å². The highest BCUT2D eigenvalue weighted by molar-refractivity contribution is 5.95. The van der Waals surface area contributed by atoms with Gasteiger partial charge in [0.05, 0.1) is 24.0 Å². The minimum absolute atomic E-state index is 0.0274. The van der Waals surface area contributed by atoms with Crippen LogP contribution in [0.2, 0.25) is 0 Å². The molecule has 0 bridgehead atoms. The van der Waals surface area contributed by atoms with E-state index in [-0.39, 0.29) is 23.8 Å². The summed E-state index contributed by atoms with van der Waals surface area (Å²) in [6.07, 6.45) is 0. The van der Waals surface area contributed by atoms with Gasteiger partial charge < -0.3 is 10.4 Å². The Hall–Kier alpha value is -3.32. The number of aryl methyl sites for hydroxylation is 2. The van der Waals surface area contributed by atoms with Crippen LogP contribution in [0.3, 0.4) is 0 Å². The van der Waals surface area contributed by atoms with Crippen LogP contribution in [0, 0.1) is 25.6 Å². The van der Waals surface area contributed by atoms with E-state index >= 15 is 0 Å². The molecule has 0 saturated carbocycles. The van der Waals surface area contributed by atoms with E-state index in [0.29, 0.717) is 5.69 Å². The number of carbonyl (C=O) groups is 1. The smallest absolute Gasteiger partial charge is 0.284 e. The molecule has 0 unspecified atom stereocenters. The molecule has 0 radical (unpaired) electrons. The fraction of sp³-hybridized carbons (Fsp3) is 0.292. The number of rotatable bonds is 6. The predicted molar refractivity (Wildman–Crippen MR) is 118 cm³/mol. The molecule has 1 heterocycles. The fourth-order valence-corrected chi connectivity index (χ4v) is 3.15. The zero-order chi connectivity index (χ0) is 22.7. The Bertz CT molecular complexity index is 1170. The van der Waals surface area contributed by atoms with E-state index in [9.17, 15) is 19.1 Å². The Labute approximate surface area is 180 Å². The minimum atomic E-state index is -0.670. The van der Waals surface area contributed by atoms with Crippen molar-refractivity contribution in [2.24, 2.45) is 5.92 Å². The van der Waals surface area contributed by atoms with Crippen LogP contribution < -0.4 is 10.9 Å². The number of amides is 1. The Morgan fingerprint density at radius 3 is 2.48 bits per heavy atom. The largest absolute Gasteiger partial charge is 0.394 e. The third kappa shape index (κ3) is 4.88. The second-order valence-corrected chi connectivity index (χ2v) is 7.95. The van der Waals surface area contributed by atoms with Gasteiger partial charge >= 0.3 is 0 Å². The van der Waals surface area contributed by atoms with Gasteiger partial charge in [0.25, 0.3) is 11.5 Å². The first-order valence-electron chi connectivity index (χ1n) is 10.1. The topological polar surface area (TPSA) is 84.2 Å². The number of carbonyl (C=O) groups excluding carboxylic acids is 1. The van der Waals surface area contributed by atoms with E-state index < -0.39 is 23.3 Å². The zero-order valence-corrected chi connectivity index (χ0v) is 18.0. The van der Waals surface area contributed by atoms with Gasteiger partial charge in [0.15, 0.2) is 0 Å². The second-order valence-electron chi connectivity index (χ2n) is 7.95. The van der Waals surface area contributed by atoms with Crippen molar-refractivity contribution in [3.63, 3.8) is 0 Å². The normalized spacial score (nSPS) is 12.1. The third-order valence-corrected chi connectivity index (χ3v) is 5.33. The Morgan fingerprint density at radius 1 is 1.13 bits per heavy atom. The molecule has 0 saturated heterocycles. The third-order valence-electron chi connectivity index (χ3n) is 5.33. The number of hydrogen-bond donors (Lipinski definition) is 2. The standard InChI is InChI=1S/C24H26FN3O3/c1-14(2)22(13-29)26-23(30)20-12-21(17-9-8-15(3)16(4)10-17)27-28(24(20)31)19-7-5-6-18(25)11-19/h5-12,14,22,29H,13H2,1-4H3,(H,26,30)/t22-/m0/s1. The fourth-order valence-electron chi connectivity index (χ4n) is 3.15. The molecule has 1 amide bonds. The molecule has 0 aliphatic rings. The Morgan fingerprint density at radius 2 is 1.87 bits per heavy atom. The maximum Gasteiger partial charge on any atom is 0.284 e. The first kappa shape index (κ1) is 22.4. The zero-order valence-electron chi connectivity index (χ0n) is 18.0. The molecule has 3 aromatic rings. The Kier molecular flexibility index (Phi) is 6.65. The molecule has 0 aliphatic heterocycles. The molecule has 2 aromatic carbocycles. The van der Waals surface area contributed by atoms with Crippen LogP contribution in [0.1, 0.15) is 35.3 Å². The van der Waals surface area contributed by atoms with Gasteiger partial charge in [0.2, 0.25) is 0 Å². The highest BCUT2D eigenvalue weighted by atomic mass is 19.1. The van der Waals surface area contributed by atoms with Crippen LogP contribution in [-0.4, -0.2) is 33.4 Å². The molecule has 0 spiro atoms. The molecule has 1 atom stereocenters. The highest BCUT2D eigenvalue weighted by Gasteiger charge is 2.22. The maximum atomic E-state index is 13.8. The number of aromatic nitrogens is 2. The summed E-state index contributed by atoms with van der Waals surface area (Å²) in [4.78, 5) is 26.1. The van der Waals surface area contributed by atoms with E-state index in [4.69, 9.17) is 0 Å². The van der Waals surface area contributed by atoms with Crippen molar-refractivity contribution in [3.8, 4) is 16.9 Å². The number of nitrogens with zero attached hydrogens (tertiary/aromatic N) is 2. The van der Waals surface area contributed by atoms with Crippen molar-refractivity contribution >= 4 is 5.91 Å². The van der Waals surface area contributed by atoms with Crippen LogP contribution in [-0.2, 0) is 0 Å². The molecule has 6 nitrogen and oxygen atoms in total. The van der Waals surface area contributed by atoms with Crippen molar-refractivity contribution in [2.75, 3.05) is 6.61 Å². The summed E-state index contributed by atoms with van der Waals surface area (Å²) in [7, 11) is 0. The lowest BCUT2D eigenvalue weighted by Crippen LogP contribution is -2.43. The molecule has 2 N–H and O–H groups in total. The van der Waals surface area contributed by atoms with Gasteiger partial charge in [-0.1, -0.05) is 32.0 Å². The van der Waals surface area contributed by atoms with Gasteiger partial charge in [-0.15, -0.1) is 0 Å². The Balaban J connectivity index is 2.19. The number of halogens is 1. The van der Waals surface area contributed by atoms with E-state index in [2.05, 4.69) is 10.4 Å². The van der Waals surface area contributed by atoms with E-state index in [0.717, 1.165) is 21.4 Å². The summed E-state index contributed by atoms with van der Waals surface area (Å²) >= 11 is 0. The summed E-state index contributed by atoms with van der Waals surface area (Å²) in [6.45, 7) is 7.42. The summed E-state index contributed by atoms with van der Waals surface area (Å²) in [5.74, 6) is -1.16. The van der Waals surface area contributed by atoms with Gasteiger partial charge in [0.1, 0.15) is 11.4 Å². The molecule has 0 aliphatic carbocycles. The van der Waals surface area contributed by atoms with Gasteiger partial charge in [-0.3, -0.25) is 9.59 Å². The van der Waals surface area contributed by atoms with Crippen LogP contribution in [0.15, 0.2) is 53.3 Å². The molecular formula is C24H26FN3O3. The highest BCUT2D eigenvalue weighted by Crippen LogP contribution is 2.21. The van der Waals surface area contributed by atoms with Gasteiger partial charge in [-0.05, 0) is 61.2 Å². The molecular weight excluding hydrogens is 397 g/mol. The van der Waals surface area contributed by atoms with Crippen molar-refractivity contribution in [1.82, 2.24) is 15.1 Å². The lowest BCUT2D eigenvalue weighted by molar-refractivity contribution is 0.0894. The molecule has 162 valence electrons. The number of nitrogens with one attached hydrogen (secondary N) is 1.